The summed E-state index contributed by atoms with van der Waals surface area (Å²) in [5.74, 6) is 0.455. The van der Waals surface area contributed by atoms with Crippen LogP contribution in [0.15, 0.2) is 53.3 Å². The van der Waals surface area contributed by atoms with Crippen molar-refractivity contribution in [2.75, 3.05) is 18.9 Å². The molecule has 4 rings (SSSR count). The molecule has 2 aliphatic heterocycles. The van der Waals surface area contributed by atoms with E-state index in [2.05, 4.69) is 5.32 Å². The average Bonchev–Trinajstić information content (AvgIpc) is 3.44. The summed E-state index contributed by atoms with van der Waals surface area (Å²) in [4.78, 5) is 39.9. The molecule has 1 aromatic heterocycles. The number of fused-ring (bicyclic) bond motifs is 1. The SMILES string of the molecule is C.O=C(N[C@@H](CSCc1ccccc1)C(=O)N1CCC[C@@H]2OCC(=O)[C@@H]21)c1ccoc1.S.S. The van der Waals surface area contributed by atoms with Gasteiger partial charge in [-0.15, -0.1) is 0 Å². The quantitative estimate of drug-likeness (QED) is 0.613. The number of furan rings is 1. The van der Waals surface area contributed by atoms with Gasteiger partial charge in [0.2, 0.25) is 5.91 Å². The molecular formula is C23H32N2O5S3. The average molecular weight is 513 g/mol. The van der Waals surface area contributed by atoms with Gasteiger partial charge in [-0.2, -0.15) is 38.8 Å². The predicted octanol–water partition coefficient (Wildman–Crippen LogP) is 3.13. The second-order valence-corrected chi connectivity index (χ2v) is 8.50. The van der Waals surface area contributed by atoms with Crippen molar-refractivity contribution < 1.29 is 23.5 Å². The standard InChI is InChI=1S/C22H24N2O5S.CH4.2H2S/c25-18-12-29-19-7-4-9-24(20(18)19)22(27)17(23-21(26)16-8-10-28-11-16)14-30-13-15-5-2-1-3-6-15;;;/h1-3,5-6,8,10-11,17,19-20H,4,7,9,12-14H2,(H,23,26);1H4;2*1H2/t17-,19-,20-;;;/m0.../s1. The zero-order valence-electron chi connectivity index (χ0n) is 17.5. The van der Waals surface area contributed by atoms with E-state index in [1.165, 1.54) is 12.5 Å². The Morgan fingerprint density at radius 3 is 2.64 bits per heavy atom. The van der Waals surface area contributed by atoms with Crippen molar-refractivity contribution in [2.24, 2.45) is 0 Å². The number of nitrogens with zero attached hydrogens (tertiary/aromatic N) is 1. The molecule has 33 heavy (non-hydrogen) atoms. The number of benzene rings is 1. The molecule has 0 aliphatic carbocycles. The highest BCUT2D eigenvalue weighted by Crippen LogP contribution is 2.27. The summed E-state index contributed by atoms with van der Waals surface area (Å²) in [5.41, 5.74) is 1.50. The summed E-state index contributed by atoms with van der Waals surface area (Å²) in [6.45, 7) is 0.546. The molecule has 2 aromatic rings. The molecule has 0 spiro atoms. The molecule has 0 bridgehead atoms. The van der Waals surface area contributed by atoms with E-state index in [4.69, 9.17) is 9.15 Å². The van der Waals surface area contributed by atoms with E-state index in [-0.39, 0.29) is 64.7 Å². The Morgan fingerprint density at radius 1 is 1.18 bits per heavy atom. The van der Waals surface area contributed by atoms with Crippen molar-refractivity contribution in [3.63, 3.8) is 0 Å². The van der Waals surface area contributed by atoms with E-state index in [1.54, 1.807) is 22.7 Å². The van der Waals surface area contributed by atoms with Crippen molar-refractivity contribution in [3.05, 3.63) is 60.1 Å². The number of likely N-dealkylation sites (tertiary alicyclic amines) is 1. The van der Waals surface area contributed by atoms with E-state index in [1.807, 2.05) is 30.3 Å². The number of carbonyl (C=O) groups is 3. The van der Waals surface area contributed by atoms with Crippen LogP contribution in [0.1, 0.15) is 36.2 Å². The fourth-order valence-electron chi connectivity index (χ4n) is 3.92. The fraction of sp³-hybridized carbons (Fsp3) is 0.435. The summed E-state index contributed by atoms with van der Waals surface area (Å²) < 4.78 is 10.5. The van der Waals surface area contributed by atoms with Gasteiger partial charge in [-0.05, 0) is 24.5 Å². The first-order valence-electron chi connectivity index (χ1n) is 10.0. The molecule has 1 N–H and O–H groups in total. The lowest BCUT2D eigenvalue weighted by atomic mass is 9.97. The van der Waals surface area contributed by atoms with Crippen LogP contribution in [0.25, 0.3) is 0 Å². The first-order chi connectivity index (χ1) is 14.6. The van der Waals surface area contributed by atoms with Gasteiger partial charge in [0.15, 0.2) is 5.78 Å². The number of ketones is 1. The highest BCUT2D eigenvalue weighted by Gasteiger charge is 2.45. The molecule has 2 saturated heterocycles. The number of rotatable bonds is 7. The molecule has 7 nitrogen and oxygen atoms in total. The van der Waals surface area contributed by atoms with Crippen LogP contribution in [0.4, 0.5) is 0 Å². The van der Waals surface area contributed by atoms with E-state index < -0.39 is 12.1 Å². The molecule has 0 saturated carbocycles. The molecule has 2 amide bonds. The molecule has 0 radical (unpaired) electrons. The van der Waals surface area contributed by atoms with Crippen molar-refractivity contribution in [1.29, 1.82) is 0 Å². The Labute approximate surface area is 212 Å². The van der Waals surface area contributed by atoms with Gasteiger partial charge in [-0.1, -0.05) is 37.8 Å². The van der Waals surface area contributed by atoms with Crippen molar-refractivity contribution in [3.8, 4) is 0 Å². The lowest BCUT2D eigenvalue weighted by Gasteiger charge is -2.37. The number of hydrogen-bond donors (Lipinski definition) is 1. The summed E-state index contributed by atoms with van der Waals surface area (Å²) in [7, 11) is 0. The minimum absolute atomic E-state index is 0. The van der Waals surface area contributed by atoms with Crippen molar-refractivity contribution in [2.45, 2.75) is 44.2 Å². The Balaban J connectivity index is 0.00000181. The first-order valence-corrected chi connectivity index (χ1v) is 11.2. The number of nitrogens with one attached hydrogen (secondary N) is 1. The lowest BCUT2D eigenvalue weighted by Crippen LogP contribution is -2.58. The molecule has 10 heteroatoms. The highest BCUT2D eigenvalue weighted by atomic mass is 32.2. The third kappa shape index (κ3) is 7.05. The number of amides is 2. The van der Waals surface area contributed by atoms with Gasteiger partial charge in [-0.3, -0.25) is 14.4 Å². The van der Waals surface area contributed by atoms with Gasteiger partial charge in [0.25, 0.3) is 5.91 Å². The zero-order valence-corrected chi connectivity index (χ0v) is 20.3. The van der Waals surface area contributed by atoms with E-state index in [9.17, 15) is 14.4 Å². The molecule has 3 atom stereocenters. The molecular weight excluding hydrogens is 480 g/mol. The molecule has 0 unspecified atom stereocenters. The smallest absolute Gasteiger partial charge is 0.255 e. The minimum Gasteiger partial charge on any atom is -0.472 e. The normalized spacial score (nSPS) is 19.9. The lowest BCUT2D eigenvalue weighted by molar-refractivity contribution is -0.141. The summed E-state index contributed by atoms with van der Waals surface area (Å²) in [5, 5.41) is 2.83. The van der Waals surface area contributed by atoms with Crippen LogP contribution in [0.2, 0.25) is 0 Å². The van der Waals surface area contributed by atoms with E-state index in [0.29, 0.717) is 17.9 Å². The second kappa shape index (κ2) is 13.7. The van der Waals surface area contributed by atoms with Gasteiger partial charge in [0, 0.05) is 18.1 Å². The van der Waals surface area contributed by atoms with Crippen LogP contribution < -0.4 is 5.32 Å². The van der Waals surface area contributed by atoms with Gasteiger partial charge >= 0.3 is 0 Å². The predicted molar refractivity (Wildman–Crippen MR) is 140 cm³/mol. The third-order valence-corrected chi connectivity index (χ3v) is 6.52. The number of piperidine rings is 1. The number of carbonyl (C=O) groups excluding carboxylic acids is 3. The van der Waals surface area contributed by atoms with Crippen LogP contribution in [0, 0.1) is 0 Å². The van der Waals surface area contributed by atoms with Crippen molar-refractivity contribution in [1.82, 2.24) is 10.2 Å². The monoisotopic (exact) mass is 512 g/mol. The van der Waals surface area contributed by atoms with Crippen LogP contribution in [-0.4, -0.2) is 59.6 Å². The number of thioether (sulfide) groups is 1. The molecule has 2 aliphatic rings. The molecule has 1 aromatic carbocycles. The number of hydrogen-bond acceptors (Lipinski definition) is 6. The number of Topliss-reactive ketones (excluding diaryl/α,β-unsaturated/α-hetero) is 1. The summed E-state index contributed by atoms with van der Waals surface area (Å²) >= 11 is 1.57. The Kier molecular flexibility index (Phi) is 12.1. The van der Waals surface area contributed by atoms with Crippen molar-refractivity contribution >= 4 is 56.4 Å². The molecule has 3 heterocycles. The zero-order chi connectivity index (χ0) is 20.9. The van der Waals surface area contributed by atoms with Crippen LogP contribution in [-0.2, 0) is 20.1 Å². The minimum atomic E-state index is -0.742. The first kappa shape index (κ1) is 29.2. The van der Waals surface area contributed by atoms with Crippen LogP contribution >= 0.6 is 38.8 Å². The Morgan fingerprint density at radius 2 is 1.94 bits per heavy atom. The maximum Gasteiger partial charge on any atom is 0.255 e. The maximum atomic E-state index is 13.4. The van der Waals surface area contributed by atoms with Gasteiger partial charge in [0.05, 0.1) is 17.9 Å². The van der Waals surface area contributed by atoms with E-state index >= 15 is 0 Å². The topological polar surface area (TPSA) is 88.9 Å². The third-order valence-electron chi connectivity index (χ3n) is 5.41. The Bertz CT molecular complexity index is 895. The molecule has 182 valence electrons. The summed E-state index contributed by atoms with van der Waals surface area (Å²) in [6, 6.07) is 10.2. The van der Waals surface area contributed by atoms with Gasteiger partial charge < -0.3 is 19.4 Å². The summed E-state index contributed by atoms with van der Waals surface area (Å²) in [6.07, 6.45) is 4.07. The fourth-order valence-corrected chi connectivity index (χ4v) is 4.92. The van der Waals surface area contributed by atoms with Crippen LogP contribution in [0.5, 0.6) is 0 Å². The van der Waals surface area contributed by atoms with Gasteiger partial charge in [0.1, 0.15) is 25.0 Å². The van der Waals surface area contributed by atoms with Crippen LogP contribution in [0.3, 0.4) is 0 Å². The Hall–Kier alpha value is -1.88. The van der Waals surface area contributed by atoms with E-state index in [0.717, 1.165) is 24.2 Å². The largest absolute Gasteiger partial charge is 0.472 e. The maximum absolute atomic E-state index is 13.4. The van der Waals surface area contributed by atoms with Gasteiger partial charge in [-0.25, -0.2) is 0 Å². The second-order valence-electron chi connectivity index (χ2n) is 7.47. The molecule has 2 fully saturated rings. The number of ether oxygens (including phenoxy) is 1. The highest BCUT2D eigenvalue weighted by molar-refractivity contribution is 7.98.